The van der Waals surface area contributed by atoms with Crippen LogP contribution in [0.25, 0.3) is 0 Å². The number of hydrogen-bond donors (Lipinski definition) is 0. The highest BCUT2D eigenvalue weighted by molar-refractivity contribution is 6.29. The third-order valence-electron chi connectivity index (χ3n) is 1.96. The minimum Gasteiger partial charge on any atom is -0.439 e. The third kappa shape index (κ3) is 2.46. The second-order valence-electron chi connectivity index (χ2n) is 3.19. The lowest BCUT2D eigenvalue weighted by molar-refractivity contribution is 0.456. The van der Waals surface area contributed by atoms with Crippen LogP contribution in [-0.2, 0) is 0 Å². The van der Waals surface area contributed by atoms with Gasteiger partial charge in [-0.3, -0.25) is 0 Å². The van der Waals surface area contributed by atoms with Crippen LogP contribution in [0.5, 0.6) is 11.6 Å². The number of aromatic nitrogens is 2. The molecule has 0 aliphatic carbocycles. The van der Waals surface area contributed by atoms with Crippen molar-refractivity contribution in [3.05, 3.63) is 47.1 Å². The smallest absolute Gasteiger partial charge is 0.223 e. The van der Waals surface area contributed by atoms with Gasteiger partial charge in [0.25, 0.3) is 0 Å². The predicted octanol–water partition coefficient (Wildman–Crippen LogP) is 3.37. The Hall–Kier alpha value is -1.68. The Morgan fingerprint density at radius 2 is 2.06 bits per heavy atom. The SMILES string of the molecule is Cc1cc(F)ccc1Oc1cc(Cl)ncn1. The van der Waals surface area contributed by atoms with E-state index in [0.717, 1.165) is 0 Å². The van der Waals surface area contributed by atoms with Crippen LogP contribution in [0.15, 0.2) is 30.6 Å². The molecule has 2 aromatic rings. The molecule has 0 N–H and O–H groups in total. The zero-order valence-corrected chi connectivity index (χ0v) is 9.20. The van der Waals surface area contributed by atoms with Crippen LogP contribution in [0.3, 0.4) is 0 Å². The fourth-order valence-electron chi connectivity index (χ4n) is 1.21. The first-order valence-corrected chi connectivity index (χ1v) is 4.94. The van der Waals surface area contributed by atoms with Crippen LogP contribution in [0, 0.1) is 12.7 Å². The molecule has 82 valence electrons. The van der Waals surface area contributed by atoms with Crippen LogP contribution in [0.2, 0.25) is 5.15 Å². The van der Waals surface area contributed by atoms with Crippen LogP contribution in [0.1, 0.15) is 5.56 Å². The Labute approximate surface area is 96.9 Å². The lowest BCUT2D eigenvalue weighted by Crippen LogP contribution is -1.91. The van der Waals surface area contributed by atoms with Gasteiger partial charge in [0.2, 0.25) is 5.88 Å². The number of halogens is 2. The highest BCUT2D eigenvalue weighted by atomic mass is 35.5. The number of benzene rings is 1. The zero-order chi connectivity index (χ0) is 11.5. The van der Waals surface area contributed by atoms with Crippen LogP contribution in [0.4, 0.5) is 4.39 Å². The van der Waals surface area contributed by atoms with E-state index in [1.165, 1.54) is 24.5 Å². The van der Waals surface area contributed by atoms with Crippen molar-refractivity contribution in [2.45, 2.75) is 6.92 Å². The molecule has 0 spiro atoms. The van der Waals surface area contributed by atoms with Crippen molar-refractivity contribution in [3.8, 4) is 11.6 Å². The fraction of sp³-hybridized carbons (Fsp3) is 0.0909. The second-order valence-corrected chi connectivity index (χ2v) is 3.58. The molecule has 0 atom stereocenters. The third-order valence-corrected chi connectivity index (χ3v) is 2.17. The highest BCUT2D eigenvalue weighted by Crippen LogP contribution is 2.24. The molecule has 1 heterocycles. The number of hydrogen-bond acceptors (Lipinski definition) is 3. The van der Waals surface area contributed by atoms with E-state index in [0.29, 0.717) is 22.3 Å². The Morgan fingerprint density at radius 3 is 2.75 bits per heavy atom. The van der Waals surface area contributed by atoms with Gasteiger partial charge in [-0.1, -0.05) is 11.6 Å². The van der Waals surface area contributed by atoms with Gasteiger partial charge in [-0.15, -0.1) is 0 Å². The minimum absolute atomic E-state index is 0.296. The molecular weight excluding hydrogens is 231 g/mol. The first-order valence-electron chi connectivity index (χ1n) is 4.57. The van der Waals surface area contributed by atoms with Gasteiger partial charge in [-0.2, -0.15) is 0 Å². The summed E-state index contributed by atoms with van der Waals surface area (Å²) >= 11 is 5.68. The summed E-state index contributed by atoms with van der Waals surface area (Å²) in [6.07, 6.45) is 1.30. The molecule has 0 aliphatic rings. The van der Waals surface area contributed by atoms with Crippen LogP contribution >= 0.6 is 11.6 Å². The standard InChI is InChI=1S/C11H8ClFN2O/c1-7-4-8(13)2-3-9(7)16-11-5-10(12)14-6-15-11/h2-6H,1H3. The van der Waals surface area contributed by atoms with E-state index in [9.17, 15) is 4.39 Å². The van der Waals surface area contributed by atoms with Crippen molar-refractivity contribution >= 4 is 11.6 Å². The van der Waals surface area contributed by atoms with E-state index in [1.807, 2.05) is 0 Å². The quantitative estimate of drug-likeness (QED) is 0.753. The first-order chi connectivity index (χ1) is 7.65. The average molecular weight is 239 g/mol. The maximum absolute atomic E-state index is 12.8. The maximum Gasteiger partial charge on any atom is 0.223 e. The molecule has 16 heavy (non-hydrogen) atoms. The Bertz CT molecular complexity index is 519. The molecule has 1 aromatic carbocycles. The predicted molar refractivity (Wildman–Crippen MR) is 58.3 cm³/mol. The van der Waals surface area contributed by atoms with E-state index in [-0.39, 0.29) is 5.82 Å². The molecule has 0 amide bonds. The highest BCUT2D eigenvalue weighted by Gasteiger charge is 2.04. The molecule has 0 bridgehead atoms. The number of aryl methyl sites for hydroxylation is 1. The molecule has 0 fully saturated rings. The van der Waals surface area contributed by atoms with Crippen molar-refractivity contribution in [1.82, 2.24) is 9.97 Å². The van der Waals surface area contributed by atoms with Gasteiger partial charge < -0.3 is 4.74 Å². The molecule has 2 rings (SSSR count). The van der Waals surface area contributed by atoms with E-state index in [4.69, 9.17) is 16.3 Å². The minimum atomic E-state index is -0.300. The monoisotopic (exact) mass is 238 g/mol. The summed E-state index contributed by atoms with van der Waals surface area (Å²) in [5.74, 6) is 0.566. The summed E-state index contributed by atoms with van der Waals surface area (Å²) in [6.45, 7) is 1.75. The molecule has 3 nitrogen and oxygen atoms in total. The molecule has 0 saturated heterocycles. The van der Waals surface area contributed by atoms with Crippen molar-refractivity contribution in [2.75, 3.05) is 0 Å². The van der Waals surface area contributed by atoms with Gasteiger partial charge in [0.05, 0.1) is 0 Å². The van der Waals surface area contributed by atoms with E-state index < -0.39 is 0 Å². The van der Waals surface area contributed by atoms with E-state index in [1.54, 1.807) is 13.0 Å². The number of nitrogens with zero attached hydrogens (tertiary/aromatic N) is 2. The maximum atomic E-state index is 12.8. The van der Waals surface area contributed by atoms with Crippen molar-refractivity contribution in [3.63, 3.8) is 0 Å². The van der Waals surface area contributed by atoms with Crippen molar-refractivity contribution < 1.29 is 9.13 Å². The zero-order valence-electron chi connectivity index (χ0n) is 8.45. The van der Waals surface area contributed by atoms with Gasteiger partial charge in [0.1, 0.15) is 23.0 Å². The normalized spacial score (nSPS) is 10.2. The van der Waals surface area contributed by atoms with Crippen molar-refractivity contribution in [1.29, 1.82) is 0 Å². The molecule has 0 radical (unpaired) electrons. The lowest BCUT2D eigenvalue weighted by Gasteiger charge is -2.07. The molecule has 5 heteroatoms. The molecule has 0 saturated carbocycles. The van der Waals surface area contributed by atoms with E-state index in [2.05, 4.69) is 9.97 Å². The molecule has 1 aromatic heterocycles. The topological polar surface area (TPSA) is 35.0 Å². The van der Waals surface area contributed by atoms with Gasteiger partial charge in [-0.25, -0.2) is 14.4 Å². The van der Waals surface area contributed by atoms with Gasteiger partial charge in [0, 0.05) is 6.07 Å². The molecular formula is C11H8ClFN2O. The number of ether oxygens (including phenoxy) is 1. The first kappa shape index (κ1) is 10.8. The average Bonchev–Trinajstić information content (AvgIpc) is 2.22. The molecule has 0 unspecified atom stereocenters. The fourth-order valence-corrected chi connectivity index (χ4v) is 1.35. The van der Waals surface area contributed by atoms with Crippen LogP contribution < -0.4 is 4.74 Å². The van der Waals surface area contributed by atoms with Gasteiger partial charge in [-0.05, 0) is 30.7 Å². The van der Waals surface area contributed by atoms with Gasteiger partial charge in [0.15, 0.2) is 0 Å². The second kappa shape index (κ2) is 4.45. The summed E-state index contributed by atoms with van der Waals surface area (Å²) in [5, 5.41) is 0.296. The largest absolute Gasteiger partial charge is 0.439 e. The lowest BCUT2D eigenvalue weighted by atomic mass is 10.2. The summed E-state index contributed by atoms with van der Waals surface area (Å²) in [6, 6.07) is 5.74. The van der Waals surface area contributed by atoms with Gasteiger partial charge >= 0.3 is 0 Å². The summed E-state index contributed by atoms with van der Waals surface area (Å²) in [4.78, 5) is 7.62. The van der Waals surface area contributed by atoms with Crippen LogP contribution in [-0.4, -0.2) is 9.97 Å². The van der Waals surface area contributed by atoms with Crippen molar-refractivity contribution in [2.24, 2.45) is 0 Å². The Morgan fingerprint density at radius 1 is 1.25 bits per heavy atom. The number of rotatable bonds is 2. The summed E-state index contributed by atoms with van der Waals surface area (Å²) < 4.78 is 18.3. The summed E-state index contributed by atoms with van der Waals surface area (Å²) in [5.41, 5.74) is 0.690. The Balaban J connectivity index is 2.27. The summed E-state index contributed by atoms with van der Waals surface area (Å²) in [7, 11) is 0. The van der Waals surface area contributed by atoms with E-state index >= 15 is 0 Å². The molecule has 0 aliphatic heterocycles. The Kier molecular flexibility index (Phi) is 3.01.